The van der Waals surface area contributed by atoms with E-state index in [1.54, 1.807) is 0 Å². The third kappa shape index (κ3) is 7.10. The number of halogens is 8. The molecule has 0 N–H and O–H groups in total. The average molecular weight is 508 g/mol. The fraction of sp³-hybridized carbons (Fsp3) is 0.538. The van der Waals surface area contributed by atoms with Gasteiger partial charge in [-0.3, -0.25) is 0 Å². The molecule has 0 aliphatic heterocycles. The van der Waals surface area contributed by atoms with Crippen molar-refractivity contribution in [3.63, 3.8) is 0 Å². The summed E-state index contributed by atoms with van der Waals surface area (Å²) in [5.41, 5.74) is 2.27. The van der Waals surface area contributed by atoms with Gasteiger partial charge in [0.2, 0.25) is 0 Å². The molecule has 194 valence electrons. The minimum absolute atomic E-state index is 0.0987. The van der Waals surface area contributed by atoms with Crippen LogP contribution >= 0.6 is 0 Å². The van der Waals surface area contributed by atoms with Crippen molar-refractivity contribution in [2.75, 3.05) is 0 Å². The van der Waals surface area contributed by atoms with Gasteiger partial charge in [0.1, 0.15) is 0 Å². The molecule has 0 spiro atoms. The molecule has 0 radical (unpaired) electrons. The number of hydrogen-bond donors (Lipinski definition) is 0. The highest BCUT2D eigenvalue weighted by molar-refractivity contribution is 5.33. The maximum Gasteiger partial charge on any atom is 0.439 e. The molecular weight excluding hydrogens is 480 g/mol. The lowest BCUT2D eigenvalue weighted by atomic mass is 9.77. The second-order valence-electron chi connectivity index (χ2n) is 9.20. The molecule has 1 atom stereocenters. The Balaban J connectivity index is 1.59. The number of hydrogen-bond acceptors (Lipinski definition) is 1. The van der Waals surface area contributed by atoms with Crippen LogP contribution < -0.4 is 4.74 Å². The van der Waals surface area contributed by atoms with Gasteiger partial charge in [-0.05, 0) is 79.2 Å². The summed E-state index contributed by atoms with van der Waals surface area (Å²) in [6.07, 6.45) is -8.38. The first kappa shape index (κ1) is 27.3. The molecule has 1 saturated carbocycles. The van der Waals surface area contributed by atoms with Gasteiger partial charge >= 0.3 is 12.3 Å². The van der Waals surface area contributed by atoms with E-state index in [1.165, 1.54) is 31.2 Å². The molecule has 1 aliphatic rings. The second-order valence-corrected chi connectivity index (χ2v) is 9.20. The Morgan fingerprint density at radius 1 is 0.857 bits per heavy atom. The average Bonchev–Trinajstić information content (AvgIpc) is 2.80. The summed E-state index contributed by atoms with van der Waals surface area (Å²) in [6.45, 7) is 2.20. The minimum Gasteiger partial charge on any atom is -0.424 e. The van der Waals surface area contributed by atoms with Gasteiger partial charge in [-0.15, -0.1) is 0 Å². The molecule has 2 aromatic rings. The zero-order valence-electron chi connectivity index (χ0n) is 19.3. The molecule has 35 heavy (non-hydrogen) atoms. The van der Waals surface area contributed by atoms with E-state index in [-0.39, 0.29) is 12.0 Å². The fourth-order valence-corrected chi connectivity index (χ4v) is 4.67. The predicted octanol–water partition coefficient (Wildman–Crippen LogP) is 8.70. The van der Waals surface area contributed by atoms with Crippen LogP contribution in [0.5, 0.6) is 5.75 Å². The summed E-state index contributed by atoms with van der Waals surface area (Å²) in [6, 6.07) is 9.37. The van der Waals surface area contributed by atoms with Gasteiger partial charge < -0.3 is 4.74 Å². The Bertz CT molecular complexity index is 939. The first-order chi connectivity index (χ1) is 16.4. The number of alkyl halides is 6. The van der Waals surface area contributed by atoms with Crippen molar-refractivity contribution in [1.29, 1.82) is 0 Å². The maximum atomic E-state index is 14.2. The van der Waals surface area contributed by atoms with E-state index >= 15 is 0 Å². The van der Waals surface area contributed by atoms with Gasteiger partial charge in [-0.1, -0.05) is 44.0 Å². The van der Waals surface area contributed by atoms with Crippen LogP contribution in [-0.4, -0.2) is 18.5 Å². The Hall–Kier alpha value is -2.32. The van der Waals surface area contributed by atoms with Gasteiger partial charge in [0.05, 0.1) is 0 Å². The van der Waals surface area contributed by atoms with E-state index in [2.05, 4.69) is 11.7 Å². The SMILES string of the molecule is CCCC1CCC(c2ccc(CCc3cc(F)c(OC(F)(F)C(F)C(F)(F)F)c(F)c3)cc2)CC1. The van der Waals surface area contributed by atoms with Gasteiger partial charge in [-0.2, -0.15) is 22.0 Å². The molecule has 3 rings (SSSR count). The maximum absolute atomic E-state index is 14.2. The van der Waals surface area contributed by atoms with E-state index < -0.39 is 35.8 Å². The minimum atomic E-state index is -5.96. The zero-order valence-corrected chi connectivity index (χ0v) is 19.3. The molecule has 9 heteroatoms. The van der Waals surface area contributed by atoms with Crippen LogP contribution in [-0.2, 0) is 12.8 Å². The summed E-state index contributed by atoms with van der Waals surface area (Å²) in [5, 5.41) is 0. The largest absolute Gasteiger partial charge is 0.439 e. The fourth-order valence-electron chi connectivity index (χ4n) is 4.67. The molecule has 1 aliphatic carbocycles. The van der Waals surface area contributed by atoms with Crippen LogP contribution in [0.1, 0.15) is 68.1 Å². The first-order valence-corrected chi connectivity index (χ1v) is 11.7. The second kappa shape index (κ2) is 11.2. The third-order valence-corrected chi connectivity index (χ3v) is 6.58. The Labute approximate surface area is 199 Å². The van der Waals surface area contributed by atoms with Crippen molar-refractivity contribution in [3.8, 4) is 5.75 Å². The zero-order chi connectivity index (χ0) is 25.8. The van der Waals surface area contributed by atoms with Crippen molar-refractivity contribution in [2.24, 2.45) is 5.92 Å². The van der Waals surface area contributed by atoms with Crippen molar-refractivity contribution in [1.82, 2.24) is 0 Å². The topological polar surface area (TPSA) is 9.23 Å². The molecule has 1 fully saturated rings. The summed E-state index contributed by atoms with van der Waals surface area (Å²) in [4.78, 5) is 0. The van der Waals surface area contributed by atoms with Crippen LogP contribution in [0.3, 0.4) is 0 Å². The van der Waals surface area contributed by atoms with E-state index in [1.807, 2.05) is 24.3 Å². The van der Waals surface area contributed by atoms with Crippen LogP contribution in [0.4, 0.5) is 35.1 Å². The van der Waals surface area contributed by atoms with Crippen LogP contribution in [0, 0.1) is 17.6 Å². The third-order valence-electron chi connectivity index (χ3n) is 6.58. The van der Waals surface area contributed by atoms with E-state index in [4.69, 9.17) is 0 Å². The molecule has 0 heterocycles. The standard InChI is InChI=1S/C26H28F8O/c1-2-3-16-6-10-19(11-7-16)20-12-8-17(9-13-20)4-5-18-14-21(27)23(22(28)15-18)35-26(33,34)24(29)25(30,31)32/h8-9,12-16,19,24H,2-7,10-11H2,1H3. The van der Waals surface area contributed by atoms with Crippen LogP contribution in [0.15, 0.2) is 36.4 Å². The molecule has 1 unspecified atom stereocenters. The molecule has 2 aromatic carbocycles. The molecule has 0 saturated heterocycles. The number of benzene rings is 2. The number of ether oxygens (including phenoxy) is 1. The number of aryl methyl sites for hydroxylation is 2. The van der Waals surface area contributed by atoms with Gasteiger partial charge in [0, 0.05) is 0 Å². The van der Waals surface area contributed by atoms with Crippen LogP contribution in [0.25, 0.3) is 0 Å². The molecule has 0 bridgehead atoms. The van der Waals surface area contributed by atoms with E-state index in [0.29, 0.717) is 24.5 Å². The predicted molar refractivity (Wildman–Crippen MR) is 116 cm³/mol. The molecule has 1 nitrogen and oxygen atoms in total. The van der Waals surface area contributed by atoms with Crippen molar-refractivity contribution < 1.29 is 39.9 Å². The van der Waals surface area contributed by atoms with Gasteiger partial charge in [0.15, 0.2) is 17.4 Å². The lowest BCUT2D eigenvalue weighted by molar-refractivity contribution is -0.306. The molecule has 0 aromatic heterocycles. The normalized spacial score (nSPS) is 20.0. The van der Waals surface area contributed by atoms with Crippen LogP contribution in [0.2, 0.25) is 0 Å². The Morgan fingerprint density at radius 3 is 1.91 bits per heavy atom. The highest BCUT2D eigenvalue weighted by Gasteiger charge is 2.59. The first-order valence-electron chi connectivity index (χ1n) is 11.7. The molecular formula is C26H28F8O. The summed E-state index contributed by atoms with van der Waals surface area (Å²) < 4.78 is 108. The molecule has 0 amide bonds. The van der Waals surface area contributed by atoms with Crippen molar-refractivity contribution in [3.05, 3.63) is 64.7 Å². The van der Waals surface area contributed by atoms with Gasteiger partial charge in [-0.25, -0.2) is 13.2 Å². The highest BCUT2D eigenvalue weighted by atomic mass is 19.4. The lowest BCUT2D eigenvalue weighted by Gasteiger charge is -2.28. The Morgan fingerprint density at radius 2 is 1.40 bits per heavy atom. The highest BCUT2D eigenvalue weighted by Crippen LogP contribution is 2.39. The summed E-state index contributed by atoms with van der Waals surface area (Å²) in [5.74, 6) is -3.70. The smallest absolute Gasteiger partial charge is 0.424 e. The number of rotatable bonds is 9. The van der Waals surface area contributed by atoms with Gasteiger partial charge in [0.25, 0.3) is 6.17 Å². The van der Waals surface area contributed by atoms with E-state index in [9.17, 15) is 35.1 Å². The summed E-state index contributed by atoms with van der Waals surface area (Å²) in [7, 11) is 0. The quantitative estimate of drug-likeness (QED) is 0.308. The monoisotopic (exact) mass is 508 g/mol. The lowest BCUT2D eigenvalue weighted by Crippen LogP contribution is -2.46. The van der Waals surface area contributed by atoms with Crippen molar-refractivity contribution >= 4 is 0 Å². The summed E-state index contributed by atoms with van der Waals surface area (Å²) >= 11 is 0. The van der Waals surface area contributed by atoms with Crippen molar-refractivity contribution in [2.45, 2.75) is 82.7 Å². The van der Waals surface area contributed by atoms with E-state index in [0.717, 1.165) is 24.3 Å². The Kier molecular flexibility index (Phi) is 8.70.